The van der Waals surface area contributed by atoms with E-state index in [9.17, 15) is 20.1 Å². The van der Waals surface area contributed by atoms with Crippen molar-refractivity contribution in [2.45, 2.75) is 23.9 Å². The first-order valence-electron chi connectivity index (χ1n) is 18.5. The van der Waals surface area contributed by atoms with Crippen molar-refractivity contribution in [2.75, 3.05) is 7.11 Å². The van der Waals surface area contributed by atoms with Crippen molar-refractivity contribution in [1.29, 1.82) is 10.5 Å². The van der Waals surface area contributed by atoms with E-state index < -0.39 is 11.1 Å². The second-order valence-electron chi connectivity index (χ2n) is 13.9. The molecule has 2 heterocycles. The van der Waals surface area contributed by atoms with Crippen molar-refractivity contribution in [3.63, 3.8) is 0 Å². The summed E-state index contributed by atoms with van der Waals surface area (Å²) >= 11 is 0. The summed E-state index contributed by atoms with van der Waals surface area (Å²) < 4.78 is 12.1. The van der Waals surface area contributed by atoms with Gasteiger partial charge in [-0.2, -0.15) is 10.5 Å². The number of hydrogen-bond acceptors (Lipinski definition) is 6. The van der Waals surface area contributed by atoms with Crippen molar-refractivity contribution in [1.82, 2.24) is 9.80 Å². The van der Waals surface area contributed by atoms with Crippen LogP contribution in [0.3, 0.4) is 0 Å². The predicted octanol–water partition coefficient (Wildman–Crippen LogP) is 9.66. The summed E-state index contributed by atoms with van der Waals surface area (Å²) in [6.07, 6.45) is 7.52. The third-order valence-corrected chi connectivity index (χ3v) is 10.6. The predicted molar refractivity (Wildman–Crippen MR) is 218 cm³/mol. The number of fused-ring (bicyclic) bond motifs is 2. The fraction of sp³-hybridized carbons (Fsp3) is 0.102. The molecule has 8 rings (SSSR count). The Kier molecular flexibility index (Phi) is 9.69. The highest BCUT2D eigenvalue weighted by atomic mass is 16.5. The molecule has 2 unspecified atom stereocenters. The van der Waals surface area contributed by atoms with E-state index in [2.05, 4.69) is 12.1 Å². The third-order valence-electron chi connectivity index (χ3n) is 10.6. The largest absolute Gasteiger partial charge is 0.493 e. The van der Waals surface area contributed by atoms with Crippen LogP contribution in [0.4, 0.5) is 0 Å². The van der Waals surface area contributed by atoms with Gasteiger partial charge in [0.2, 0.25) is 0 Å². The third kappa shape index (κ3) is 6.60. The van der Waals surface area contributed by atoms with E-state index in [1.807, 2.05) is 121 Å². The molecule has 0 bridgehead atoms. The number of methoxy groups -OCH3 is 1. The molecule has 0 aliphatic carbocycles. The molecular weight excluding hydrogens is 709 g/mol. The molecule has 0 aromatic heterocycles. The fourth-order valence-corrected chi connectivity index (χ4v) is 7.76. The van der Waals surface area contributed by atoms with Gasteiger partial charge in [-0.3, -0.25) is 19.4 Å². The van der Waals surface area contributed by atoms with Crippen LogP contribution in [0.5, 0.6) is 17.2 Å². The number of rotatable bonds is 9. The van der Waals surface area contributed by atoms with Crippen LogP contribution in [0.15, 0.2) is 164 Å². The number of amides is 2. The maximum absolute atomic E-state index is 14.0. The van der Waals surface area contributed by atoms with E-state index in [4.69, 9.17) is 9.47 Å². The molecule has 8 heteroatoms. The Bertz CT molecular complexity index is 2630. The van der Waals surface area contributed by atoms with Crippen molar-refractivity contribution < 1.29 is 19.1 Å². The van der Waals surface area contributed by atoms with Gasteiger partial charge in [0.05, 0.1) is 19.2 Å². The lowest BCUT2D eigenvalue weighted by atomic mass is 9.78. The fourth-order valence-electron chi connectivity index (χ4n) is 7.76. The molecule has 2 amide bonds. The van der Waals surface area contributed by atoms with Gasteiger partial charge in [-0.15, -0.1) is 0 Å². The first kappa shape index (κ1) is 36.3. The van der Waals surface area contributed by atoms with E-state index in [1.165, 1.54) is 9.80 Å². The molecule has 0 N–H and O–H groups in total. The SMILES string of the molecule is COc1ccc(CC2(C#N)c3ccccc3C=CN2C(=O)c2ccccc2)cc1Oc1ccc(CC2(C#N)c3ccccc3C=CN2C(=O)c2ccccc2)cc1. The molecule has 0 fully saturated rings. The lowest BCUT2D eigenvalue weighted by Crippen LogP contribution is -2.49. The van der Waals surface area contributed by atoms with Gasteiger partial charge >= 0.3 is 0 Å². The highest BCUT2D eigenvalue weighted by Crippen LogP contribution is 2.43. The standard InChI is InChI=1S/C49H36N4O4/c1-56-44-25-22-36(32-49(34-51)43-19-11-9-13-38(43)27-29-53(49)47(55)40-16-6-3-7-17-40)30-45(44)57-41-23-20-35(21-24-41)31-48(33-50)42-18-10-8-12-37(42)26-28-52(48)46(54)39-14-4-2-5-15-39/h2-30H,31-32H2,1H3. The number of ether oxygens (including phenoxy) is 2. The van der Waals surface area contributed by atoms with Gasteiger partial charge in [0.25, 0.3) is 11.8 Å². The zero-order chi connectivity index (χ0) is 39.4. The molecular formula is C49H36N4O4. The molecule has 2 aliphatic rings. The van der Waals surface area contributed by atoms with Crippen LogP contribution in [0, 0.1) is 22.7 Å². The van der Waals surface area contributed by atoms with E-state index in [1.54, 1.807) is 62.0 Å². The quantitative estimate of drug-likeness (QED) is 0.146. The molecule has 6 aromatic rings. The van der Waals surface area contributed by atoms with Gasteiger partial charge < -0.3 is 9.47 Å². The number of nitrogens with zero attached hydrogens (tertiary/aromatic N) is 4. The average molecular weight is 745 g/mol. The molecule has 2 atom stereocenters. The minimum atomic E-state index is -1.36. The molecule has 276 valence electrons. The highest BCUT2D eigenvalue weighted by Gasteiger charge is 2.46. The van der Waals surface area contributed by atoms with Gasteiger partial charge in [-0.05, 0) is 94.1 Å². The summed E-state index contributed by atoms with van der Waals surface area (Å²) in [5, 5.41) is 21.9. The van der Waals surface area contributed by atoms with Gasteiger partial charge in [-0.1, -0.05) is 103 Å². The lowest BCUT2D eigenvalue weighted by Gasteiger charge is -2.40. The number of carbonyl (C=O) groups is 2. The van der Waals surface area contributed by atoms with E-state index in [-0.39, 0.29) is 24.7 Å². The number of benzene rings is 6. The van der Waals surface area contributed by atoms with Crippen molar-refractivity contribution in [3.05, 3.63) is 209 Å². The highest BCUT2D eigenvalue weighted by molar-refractivity contribution is 5.97. The number of nitriles is 2. The van der Waals surface area contributed by atoms with Crippen LogP contribution >= 0.6 is 0 Å². The van der Waals surface area contributed by atoms with Crippen LogP contribution in [-0.2, 0) is 23.9 Å². The number of hydrogen-bond donors (Lipinski definition) is 0. The molecule has 0 saturated carbocycles. The Labute approximate surface area is 331 Å². The van der Waals surface area contributed by atoms with E-state index in [0.717, 1.165) is 33.4 Å². The van der Waals surface area contributed by atoms with Crippen molar-refractivity contribution >= 4 is 24.0 Å². The minimum absolute atomic E-state index is 0.174. The molecule has 57 heavy (non-hydrogen) atoms. The van der Waals surface area contributed by atoms with Crippen LogP contribution in [0.2, 0.25) is 0 Å². The summed E-state index contributed by atoms with van der Waals surface area (Å²) in [6.45, 7) is 0. The monoisotopic (exact) mass is 744 g/mol. The maximum Gasteiger partial charge on any atom is 0.259 e. The molecule has 0 radical (unpaired) electrons. The first-order chi connectivity index (χ1) is 27.9. The van der Waals surface area contributed by atoms with E-state index in [0.29, 0.717) is 28.4 Å². The van der Waals surface area contributed by atoms with Gasteiger partial charge in [0.1, 0.15) is 5.75 Å². The summed E-state index contributed by atoms with van der Waals surface area (Å²) in [6, 6.07) is 51.1. The van der Waals surface area contributed by atoms with Crippen LogP contribution in [0.25, 0.3) is 12.2 Å². The zero-order valence-electron chi connectivity index (χ0n) is 31.1. The van der Waals surface area contributed by atoms with Gasteiger partial charge in [-0.25, -0.2) is 0 Å². The molecule has 6 aromatic carbocycles. The summed E-state index contributed by atoms with van der Waals surface area (Å²) in [5.74, 6) is 0.873. The smallest absolute Gasteiger partial charge is 0.259 e. The summed E-state index contributed by atoms with van der Waals surface area (Å²) in [7, 11) is 1.56. The Morgan fingerprint density at radius 3 is 1.51 bits per heavy atom. The second kappa shape index (κ2) is 15.2. The topological polar surface area (TPSA) is 107 Å². The Hall–Kier alpha value is -7.68. The number of carbonyl (C=O) groups excluding carboxylic acids is 2. The minimum Gasteiger partial charge on any atom is -0.493 e. The zero-order valence-corrected chi connectivity index (χ0v) is 31.1. The Morgan fingerprint density at radius 1 is 0.561 bits per heavy atom. The second-order valence-corrected chi connectivity index (χ2v) is 13.9. The Balaban J connectivity index is 1.09. The van der Waals surface area contributed by atoms with Gasteiger partial charge in [0, 0.05) is 36.4 Å². The molecule has 2 aliphatic heterocycles. The molecule has 0 saturated heterocycles. The Morgan fingerprint density at radius 2 is 1.02 bits per heavy atom. The maximum atomic E-state index is 14.0. The van der Waals surface area contributed by atoms with E-state index >= 15 is 0 Å². The first-order valence-corrected chi connectivity index (χ1v) is 18.5. The van der Waals surface area contributed by atoms with Crippen molar-refractivity contribution in [3.8, 4) is 29.4 Å². The van der Waals surface area contributed by atoms with Crippen LogP contribution in [0.1, 0.15) is 54.1 Å². The summed E-state index contributed by atoms with van der Waals surface area (Å²) in [4.78, 5) is 31.0. The summed E-state index contributed by atoms with van der Waals surface area (Å²) in [5.41, 5.74) is 3.08. The normalized spacial score (nSPS) is 17.7. The lowest BCUT2D eigenvalue weighted by molar-refractivity contribution is 0.0689. The van der Waals surface area contributed by atoms with Gasteiger partial charge in [0.15, 0.2) is 22.6 Å². The average Bonchev–Trinajstić information content (AvgIpc) is 3.27. The molecule has 0 spiro atoms. The van der Waals surface area contributed by atoms with Crippen LogP contribution in [-0.4, -0.2) is 28.7 Å². The van der Waals surface area contributed by atoms with Crippen LogP contribution < -0.4 is 9.47 Å². The molecule has 8 nitrogen and oxygen atoms in total. The van der Waals surface area contributed by atoms with Crippen molar-refractivity contribution in [2.24, 2.45) is 0 Å².